The molecule has 0 saturated carbocycles. The van der Waals surface area contributed by atoms with E-state index in [-0.39, 0.29) is 12.6 Å². The topological polar surface area (TPSA) is 93.4 Å². The number of carbonyl (C=O) groups is 2. The lowest BCUT2D eigenvalue weighted by molar-refractivity contribution is -0.118. The standard InChI is InChI=1S/C13H19N3O3/c1-3-9(2)19-11-6-4-5-10(7-11)15-8-12(17)16-13(14)18/h4-7,9,15H,3,8H2,1-2H3,(H3,14,16,17,18). The summed E-state index contributed by atoms with van der Waals surface area (Å²) < 4.78 is 5.66. The quantitative estimate of drug-likeness (QED) is 0.726. The Morgan fingerprint density at radius 1 is 1.42 bits per heavy atom. The number of ether oxygens (including phenoxy) is 1. The van der Waals surface area contributed by atoms with Crippen LogP contribution in [0.25, 0.3) is 0 Å². The van der Waals surface area contributed by atoms with E-state index >= 15 is 0 Å². The van der Waals surface area contributed by atoms with E-state index in [2.05, 4.69) is 5.32 Å². The first kappa shape index (κ1) is 14.8. The van der Waals surface area contributed by atoms with Crippen LogP contribution >= 0.6 is 0 Å². The molecule has 1 atom stereocenters. The SMILES string of the molecule is CCC(C)Oc1cccc(NCC(=O)NC(N)=O)c1. The van der Waals surface area contributed by atoms with Gasteiger partial charge in [0.25, 0.3) is 0 Å². The minimum atomic E-state index is -0.861. The summed E-state index contributed by atoms with van der Waals surface area (Å²) in [6.07, 6.45) is 1.05. The fourth-order valence-corrected chi connectivity index (χ4v) is 1.36. The Balaban J connectivity index is 2.52. The number of urea groups is 1. The van der Waals surface area contributed by atoms with E-state index < -0.39 is 11.9 Å². The first-order chi connectivity index (χ1) is 9.01. The summed E-state index contributed by atoms with van der Waals surface area (Å²) >= 11 is 0. The average molecular weight is 265 g/mol. The van der Waals surface area contributed by atoms with Crippen molar-refractivity contribution in [1.29, 1.82) is 0 Å². The van der Waals surface area contributed by atoms with Gasteiger partial charge in [0.1, 0.15) is 5.75 Å². The molecule has 0 aliphatic rings. The highest BCUT2D eigenvalue weighted by molar-refractivity contribution is 5.95. The second-order valence-electron chi connectivity index (χ2n) is 4.13. The summed E-state index contributed by atoms with van der Waals surface area (Å²) in [7, 11) is 0. The Bertz CT molecular complexity index is 449. The molecule has 1 aromatic rings. The van der Waals surface area contributed by atoms with Crippen molar-refractivity contribution in [3.05, 3.63) is 24.3 Å². The van der Waals surface area contributed by atoms with Crippen molar-refractivity contribution in [1.82, 2.24) is 5.32 Å². The summed E-state index contributed by atoms with van der Waals surface area (Å²) in [6.45, 7) is 4.00. The number of primary amides is 1. The van der Waals surface area contributed by atoms with Crippen LogP contribution in [0.15, 0.2) is 24.3 Å². The van der Waals surface area contributed by atoms with Crippen LogP contribution in [0.1, 0.15) is 20.3 Å². The van der Waals surface area contributed by atoms with Crippen molar-refractivity contribution >= 4 is 17.6 Å². The number of hydrogen-bond acceptors (Lipinski definition) is 4. The van der Waals surface area contributed by atoms with Crippen molar-refractivity contribution in [2.45, 2.75) is 26.4 Å². The molecule has 1 unspecified atom stereocenters. The molecule has 0 aromatic heterocycles. The predicted molar refractivity (Wildman–Crippen MR) is 73.0 cm³/mol. The third-order valence-corrected chi connectivity index (χ3v) is 2.46. The van der Waals surface area contributed by atoms with Crippen LogP contribution in [-0.2, 0) is 4.79 Å². The maximum atomic E-state index is 11.2. The molecular weight excluding hydrogens is 246 g/mol. The van der Waals surface area contributed by atoms with Gasteiger partial charge in [0.2, 0.25) is 5.91 Å². The second-order valence-corrected chi connectivity index (χ2v) is 4.13. The molecule has 1 aromatic carbocycles. The predicted octanol–water partition coefficient (Wildman–Crippen LogP) is 1.47. The lowest BCUT2D eigenvalue weighted by Gasteiger charge is -2.13. The molecule has 0 bridgehead atoms. The number of nitrogens with one attached hydrogen (secondary N) is 2. The molecule has 0 aliphatic heterocycles. The molecule has 0 heterocycles. The molecule has 6 nitrogen and oxygen atoms in total. The number of hydrogen-bond donors (Lipinski definition) is 3. The molecule has 0 radical (unpaired) electrons. The van der Waals surface area contributed by atoms with E-state index in [1.54, 1.807) is 12.1 Å². The van der Waals surface area contributed by atoms with Crippen molar-refractivity contribution in [3.8, 4) is 5.75 Å². The van der Waals surface area contributed by atoms with Crippen LogP contribution < -0.4 is 21.1 Å². The van der Waals surface area contributed by atoms with Gasteiger partial charge >= 0.3 is 6.03 Å². The molecule has 0 aliphatic carbocycles. The highest BCUT2D eigenvalue weighted by Crippen LogP contribution is 2.18. The Morgan fingerprint density at radius 3 is 2.79 bits per heavy atom. The van der Waals surface area contributed by atoms with Crippen LogP contribution in [-0.4, -0.2) is 24.6 Å². The van der Waals surface area contributed by atoms with E-state index in [0.717, 1.165) is 17.9 Å². The zero-order valence-electron chi connectivity index (χ0n) is 11.1. The first-order valence-electron chi connectivity index (χ1n) is 6.11. The van der Waals surface area contributed by atoms with Gasteiger partial charge in [0.15, 0.2) is 0 Å². The summed E-state index contributed by atoms with van der Waals surface area (Å²) in [5.74, 6) is 0.246. The Labute approximate surface area is 112 Å². The molecule has 0 saturated heterocycles. The fraction of sp³-hybridized carbons (Fsp3) is 0.385. The number of carbonyl (C=O) groups excluding carboxylic acids is 2. The van der Waals surface area contributed by atoms with Gasteiger partial charge in [-0.25, -0.2) is 4.79 Å². The molecule has 0 fully saturated rings. The molecule has 6 heteroatoms. The zero-order chi connectivity index (χ0) is 14.3. The van der Waals surface area contributed by atoms with E-state index in [1.807, 2.05) is 31.3 Å². The van der Waals surface area contributed by atoms with Gasteiger partial charge in [-0.15, -0.1) is 0 Å². The molecule has 104 valence electrons. The van der Waals surface area contributed by atoms with Gasteiger partial charge in [-0.3, -0.25) is 10.1 Å². The fourth-order valence-electron chi connectivity index (χ4n) is 1.36. The van der Waals surface area contributed by atoms with Crippen LogP contribution in [0, 0.1) is 0 Å². The summed E-state index contributed by atoms with van der Waals surface area (Å²) in [4.78, 5) is 21.7. The maximum absolute atomic E-state index is 11.2. The Hall–Kier alpha value is -2.24. The van der Waals surface area contributed by atoms with Gasteiger partial charge < -0.3 is 15.8 Å². The molecule has 3 amide bonds. The number of amides is 3. The number of benzene rings is 1. The summed E-state index contributed by atoms with van der Waals surface area (Å²) in [6, 6.07) is 6.41. The minimum Gasteiger partial charge on any atom is -0.491 e. The van der Waals surface area contributed by atoms with Crippen molar-refractivity contribution in [3.63, 3.8) is 0 Å². The number of rotatable bonds is 6. The van der Waals surface area contributed by atoms with Crippen LogP contribution in [0.4, 0.5) is 10.5 Å². The van der Waals surface area contributed by atoms with Gasteiger partial charge in [0.05, 0.1) is 12.6 Å². The van der Waals surface area contributed by atoms with Gasteiger partial charge in [0, 0.05) is 11.8 Å². The van der Waals surface area contributed by atoms with E-state index in [4.69, 9.17) is 10.5 Å². The van der Waals surface area contributed by atoms with Crippen molar-refractivity contribution in [2.75, 3.05) is 11.9 Å². The summed E-state index contributed by atoms with van der Waals surface area (Å²) in [5, 5.41) is 4.86. The third-order valence-electron chi connectivity index (χ3n) is 2.46. The van der Waals surface area contributed by atoms with Crippen molar-refractivity contribution in [2.24, 2.45) is 5.73 Å². The summed E-state index contributed by atoms with van der Waals surface area (Å²) in [5.41, 5.74) is 5.57. The van der Waals surface area contributed by atoms with Crippen LogP contribution in [0.3, 0.4) is 0 Å². The highest BCUT2D eigenvalue weighted by atomic mass is 16.5. The first-order valence-corrected chi connectivity index (χ1v) is 6.11. The van der Waals surface area contributed by atoms with E-state index in [1.165, 1.54) is 0 Å². The molecular formula is C13H19N3O3. The van der Waals surface area contributed by atoms with Crippen LogP contribution in [0.5, 0.6) is 5.75 Å². The monoisotopic (exact) mass is 265 g/mol. The second kappa shape index (κ2) is 7.25. The minimum absolute atomic E-state index is 0.0320. The lowest BCUT2D eigenvalue weighted by atomic mass is 10.2. The largest absolute Gasteiger partial charge is 0.491 e. The van der Waals surface area contributed by atoms with E-state index in [9.17, 15) is 9.59 Å². The molecule has 1 rings (SSSR count). The average Bonchev–Trinajstić information content (AvgIpc) is 2.36. The van der Waals surface area contributed by atoms with Crippen molar-refractivity contribution < 1.29 is 14.3 Å². The highest BCUT2D eigenvalue weighted by Gasteiger charge is 2.05. The molecule has 0 spiro atoms. The number of imide groups is 1. The Morgan fingerprint density at radius 2 is 2.16 bits per heavy atom. The van der Waals surface area contributed by atoms with Gasteiger partial charge in [-0.2, -0.15) is 0 Å². The molecule has 4 N–H and O–H groups in total. The number of nitrogens with two attached hydrogens (primary N) is 1. The van der Waals surface area contributed by atoms with Gasteiger partial charge in [-0.05, 0) is 25.5 Å². The molecule has 19 heavy (non-hydrogen) atoms. The maximum Gasteiger partial charge on any atom is 0.318 e. The zero-order valence-corrected chi connectivity index (χ0v) is 11.1. The van der Waals surface area contributed by atoms with Crippen LogP contribution in [0.2, 0.25) is 0 Å². The number of anilines is 1. The smallest absolute Gasteiger partial charge is 0.318 e. The third kappa shape index (κ3) is 5.76. The van der Waals surface area contributed by atoms with E-state index in [0.29, 0.717) is 0 Å². The lowest BCUT2D eigenvalue weighted by Crippen LogP contribution is -2.38. The normalized spacial score (nSPS) is 11.5. The Kier molecular flexibility index (Phi) is 5.66. The van der Waals surface area contributed by atoms with Gasteiger partial charge in [-0.1, -0.05) is 13.0 Å².